The van der Waals surface area contributed by atoms with Gasteiger partial charge in [0.2, 0.25) is 0 Å². The summed E-state index contributed by atoms with van der Waals surface area (Å²) in [6.07, 6.45) is 11.4. The first-order valence-corrected chi connectivity index (χ1v) is 28.6. The molecule has 384 valence electrons. The highest BCUT2D eigenvalue weighted by atomic mass is 28.4. The molecule has 0 radical (unpaired) electrons. The number of ether oxygens (including phenoxy) is 9. The van der Waals surface area contributed by atoms with Crippen molar-refractivity contribution < 1.29 is 62.1 Å². The van der Waals surface area contributed by atoms with Gasteiger partial charge in [0.1, 0.15) is 29.8 Å². The van der Waals surface area contributed by atoms with E-state index in [-0.39, 0.29) is 65.8 Å². The lowest BCUT2D eigenvalue weighted by Gasteiger charge is -2.49. The smallest absolute Gasteiger partial charge is 0.316 e. The van der Waals surface area contributed by atoms with E-state index < -0.39 is 80.8 Å². The highest BCUT2D eigenvalue weighted by Crippen LogP contribution is 2.50. The number of fused-ring (bicyclic) bond motifs is 2. The number of aliphatic hydroxyl groups excluding tert-OH is 1. The third-order valence-corrected chi connectivity index (χ3v) is 21.2. The first-order valence-electron chi connectivity index (χ1n) is 25.7. The van der Waals surface area contributed by atoms with Crippen molar-refractivity contribution >= 4 is 14.3 Å². The summed E-state index contributed by atoms with van der Waals surface area (Å²) in [5, 5.41) is 23.6. The zero-order valence-electron chi connectivity index (χ0n) is 43.8. The van der Waals surface area contributed by atoms with Crippen LogP contribution in [0.3, 0.4) is 0 Å². The topological polar surface area (TPSA) is 150 Å². The van der Waals surface area contributed by atoms with Crippen LogP contribution in [0.4, 0.5) is 0 Å². The monoisotopic (exact) mass is 971 g/mol. The highest BCUT2D eigenvalue weighted by molar-refractivity contribution is 6.74. The molecule has 68 heavy (non-hydrogen) atoms. The fourth-order valence-corrected chi connectivity index (χ4v) is 12.5. The van der Waals surface area contributed by atoms with Crippen LogP contribution in [0.1, 0.15) is 122 Å². The lowest BCUT2D eigenvalue weighted by atomic mass is 9.71. The van der Waals surface area contributed by atoms with Crippen LogP contribution >= 0.6 is 0 Å². The van der Waals surface area contributed by atoms with Gasteiger partial charge in [0.15, 0.2) is 26.7 Å². The van der Waals surface area contributed by atoms with Crippen molar-refractivity contribution in [3.8, 4) is 0 Å². The second kappa shape index (κ2) is 21.2. The predicted molar refractivity (Wildman–Crippen MR) is 262 cm³/mol. The Bertz CT molecular complexity index is 1910. The van der Waals surface area contributed by atoms with Gasteiger partial charge >= 0.3 is 5.97 Å². The summed E-state index contributed by atoms with van der Waals surface area (Å²) < 4.78 is 66.4. The minimum Gasteiger partial charge on any atom is -0.462 e. The van der Waals surface area contributed by atoms with Crippen LogP contribution in [0.5, 0.6) is 0 Å². The molecule has 6 heterocycles. The third-order valence-electron chi connectivity index (χ3n) is 16.7. The van der Waals surface area contributed by atoms with Crippen LogP contribution in [0.15, 0.2) is 59.3 Å². The maximum absolute atomic E-state index is 14.8. The fourth-order valence-electron chi connectivity index (χ4n) is 11.2. The molecule has 14 heteroatoms. The number of allylic oxidation sites excluding steroid dienone is 2. The van der Waals surface area contributed by atoms with Crippen LogP contribution in [-0.2, 0) is 51.9 Å². The minimum absolute atomic E-state index is 0.0283. The Morgan fingerprint density at radius 3 is 2.29 bits per heavy atom. The number of carbonyl (C=O) groups is 1. The summed E-state index contributed by atoms with van der Waals surface area (Å²) in [4.78, 5) is 14.8. The number of carbonyl (C=O) groups excluding carboxylic acids is 1. The largest absolute Gasteiger partial charge is 0.462 e. The molecule has 4 fully saturated rings. The van der Waals surface area contributed by atoms with Gasteiger partial charge in [-0.15, -0.1) is 0 Å². The molecule has 2 N–H and O–H groups in total. The molecule has 1 unspecified atom stereocenters. The number of rotatable bonds is 9. The van der Waals surface area contributed by atoms with E-state index >= 15 is 0 Å². The van der Waals surface area contributed by atoms with Crippen molar-refractivity contribution in [2.75, 3.05) is 13.7 Å². The molecule has 0 saturated carbocycles. The molecule has 7 aliphatic rings. The summed E-state index contributed by atoms with van der Waals surface area (Å²) in [5.41, 5.74) is 0.684. The summed E-state index contributed by atoms with van der Waals surface area (Å²) in [6.45, 7) is 29.7. The first kappa shape index (κ1) is 53.7. The third kappa shape index (κ3) is 11.1. The van der Waals surface area contributed by atoms with Crippen molar-refractivity contribution in [3.63, 3.8) is 0 Å². The predicted octanol–water partition coefficient (Wildman–Crippen LogP) is 9.03. The molecule has 20 atom stereocenters. The summed E-state index contributed by atoms with van der Waals surface area (Å²) in [6, 6.07) is 0. The molecule has 2 bridgehead atoms. The van der Waals surface area contributed by atoms with Crippen LogP contribution < -0.4 is 0 Å². The van der Waals surface area contributed by atoms with Crippen LogP contribution in [0.2, 0.25) is 18.1 Å². The maximum Gasteiger partial charge on any atom is 0.316 e. The van der Waals surface area contributed by atoms with E-state index in [1.54, 1.807) is 7.11 Å². The zero-order chi connectivity index (χ0) is 49.7. The molecule has 0 aromatic heterocycles. The van der Waals surface area contributed by atoms with Gasteiger partial charge in [0, 0.05) is 44.6 Å². The summed E-state index contributed by atoms with van der Waals surface area (Å²) in [7, 11) is -0.685. The number of hydrogen-bond donors (Lipinski definition) is 2. The second-order valence-electron chi connectivity index (χ2n) is 23.0. The number of esters is 1. The average molecular weight is 971 g/mol. The van der Waals surface area contributed by atoms with Crippen LogP contribution in [0.25, 0.3) is 0 Å². The zero-order valence-corrected chi connectivity index (χ0v) is 44.8. The maximum atomic E-state index is 14.8. The van der Waals surface area contributed by atoms with Crippen LogP contribution in [0, 0.1) is 29.6 Å². The highest BCUT2D eigenvalue weighted by Gasteiger charge is 2.62. The van der Waals surface area contributed by atoms with Crippen molar-refractivity contribution in [2.24, 2.45) is 29.6 Å². The quantitative estimate of drug-likeness (QED) is 0.129. The normalized spacial score (nSPS) is 46.4. The standard InChI is InChI=1S/C54H86O13Si/c1-16-30(2)47-33(5)22-23-53(66-47)28-40-26-39(65-53)21-20-32(4)46(63-44-27-42(58-13)49(37(9)61-44)64-43-25-34(6)45(55)36(8)60-43)31(3)18-17-19-38-29-59-50-48(67-68(14,15)52(10,11)12)35(7)24-41(51(56)62-40)54(38,50)57/h17-20,22-24,30-31,33-34,36-37,39-50,55,57H,16,21,25-29H2,1-15H3/b18-17+,32-20+,38-19+/t30-,31+,33+,34+,36+,37+,39-,40+,41+,42+,43?,44+,45+,46+,47-,48-,49+,50-,53-,54-/m1/s1. The summed E-state index contributed by atoms with van der Waals surface area (Å²) >= 11 is 0. The Hall–Kier alpha value is -2.05. The van der Waals surface area contributed by atoms with Gasteiger partial charge in [-0.1, -0.05) is 98.3 Å². The first-order chi connectivity index (χ1) is 31.9. The van der Waals surface area contributed by atoms with Crippen molar-refractivity contribution in [1.82, 2.24) is 0 Å². The molecule has 1 spiro atoms. The fraction of sp³-hybridized carbons (Fsp3) is 0.796. The molecule has 0 aromatic rings. The van der Waals surface area contributed by atoms with E-state index in [9.17, 15) is 15.0 Å². The van der Waals surface area contributed by atoms with Gasteiger partial charge in [-0.2, -0.15) is 0 Å². The molecule has 0 amide bonds. The van der Waals surface area contributed by atoms with E-state index in [2.05, 4.69) is 86.7 Å². The van der Waals surface area contributed by atoms with Gasteiger partial charge in [0.05, 0.1) is 55.4 Å². The molecular weight excluding hydrogens is 885 g/mol. The number of methoxy groups -OCH3 is 1. The number of aliphatic hydroxyl groups is 2. The molecule has 1 aliphatic carbocycles. The molecule has 13 nitrogen and oxygen atoms in total. The van der Waals surface area contributed by atoms with E-state index in [1.807, 2.05) is 52.0 Å². The van der Waals surface area contributed by atoms with Crippen molar-refractivity contribution in [1.29, 1.82) is 0 Å². The Morgan fingerprint density at radius 1 is 0.912 bits per heavy atom. The van der Waals surface area contributed by atoms with E-state index in [4.69, 9.17) is 47.1 Å². The van der Waals surface area contributed by atoms with Gasteiger partial charge in [0.25, 0.3) is 0 Å². The molecule has 4 saturated heterocycles. The average Bonchev–Trinajstić information content (AvgIpc) is 3.61. The van der Waals surface area contributed by atoms with E-state index in [1.165, 1.54) is 0 Å². The molecule has 7 rings (SSSR count). The van der Waals surface area contributed by atoms with E-state index in [0.29, 0.717) is 37.7 Å². The Balaban J connectivity index is 1.23. The Morgan fingerprint density at radius 2 is 1.62 bits per heavy atom. The van der Waals surface area contributed by atoms with Gasteiger partial charge in [-0.05, 0) is 86.9 Å². The van der Waals surface area contributed by atoms with Crippen molar-refractivity contribution in [2.45, 2.75) is 231 Å². The molecular formula is C54H86O13Si. The molecule has 6 aliphatic heterocycles. The SMILES string of the molecule is CC[C@@H](C)[C@H]1O[C@]2(C=C[C@@H]1C)C[C@@H]1C[C@@H](C/C=C(\C)[C@@H](O[C@H]3C[C@H](OC)[C@@H](OC4C[C@H](C)[C@H](O)[C@H](C)O4)[C@H](C)O3)[C@@H](C)/C=C/C=C3\CO[C@@H]4[C@H](O[Si](C)(C)C(C)(C)C)C(C)=C[C@@H](C(=O)O1)[C@]34O)O2. The Labute approximate surface area is 408 Å². The lowest BCUT2D eigenvalue weighted by Crippen LogP contribution is -2.60. The van der Waals surface area contributed by atoms with Gasteiger partial charge in [-0.25, -0.2) is 0 Å². The van der Waals surface area contributed by atoms with Crippen LogP contribution in [-0.4, -0.2) is 129 Å². The second-order valence-corrected chi connectivity index (χ2v) is 27.8. The summed E-state index contributed by atoms with van der Waals surface area (Å²) in [5.74, 6) is -2.33. The number of hydrogen-bond acceptors (Lipinski definition) is 13. The lowest BCUT2D eigenvalue weighted by molar-refractivity contribution is -0.314. The Kier molecular flexibility index (Phi) is 16.7. The minimum atomic E-state index is -2.37. The van der Waals surface area contributed by atoms with E-state index in [0.717, 1.165) is 17.6 Å². The van der Waals surface area contributed by atoms with Crippen molar-refractivity contribution in [3.05, 3.63) is 59.3 Å². The van der Waals surface area contributed by atoms with Gasteiger partial charge < -0.3 is 57.3 Å². The molecule has 0 aromatic carbocycles. The van der Waals surface area contributed by atoms with Gasteiger partial charge in [-0.3, -0.25) is 4.79 Å².